The van der Waals surface area contributed by atoms with E-state index < -0.39 is 0 Å². The number of ether oxygens (including phenoxy) is 1. The zero-order chi connectivity index (χ0) is 12.8. The fraction of sp³-hybridized carbons (Fsp3) is 0.636. The maximum Gasteiger partial charge on any atom is 0.252 e. The number of nitrogens with one attached hydrogen (secondary N) is 2. The van der Waals surface area contributed by atoms with Gasteiger partial charge in [0.2, 0.25) is 0 Å². The molecule has 0 aliphatic rings. The smallest absolute Gasteiger partial charge is 0.252 e. The lowest BCUT2D eigenvalue weighted by atomic mass is 10.2. The molecule has 0 aromatic carbocycles. The molecule has 1 rings (SSSR count). The maximum absolute atomic E-state index is 11.4. The summed E-state index contributed by atoms with van der Waals surface area (Å²) in [6.07, 6.45) is 0. The van der Waals surface area contributed by atoms with E-state index in [1.165, 1.54) is 6.07 Å². The van der Waals surface area contributed by atoms with Crippen LogP contribution in [0.15, 0.2) is 10.9 Å². The van der Waals surface area contributed by atoms with Crippen molar-refractivity contribution in [1.29, 1.82) is 0 Å². The van der Waals surface area contributed by atoms with Crippen LogP contribution >= 0.6 is 0 Å². The van der Waals surface area contributed by atoms with E-state index in [0.29, 0.717) is 24.8 Å². The van der Waals surface area contributed by atoms with E-state index in [9.17, 15) is 4.79 Å². The van der Waals surface area contributed by atoms with E-state index in [-0.39, 0.29) is 17.5 Å². The van der Waals surface area contributed by atoms with Crippen LogP contribution in [0.25, 0.3) is 0 Å². The van der Waals surface area contributed by atoms with E-state index >= 15 is 0 Å². The Morgan fingerprint density at radius 2 is 2.29 bits per heavy atom. The van der Waals surface area contributed by atoms with E-state index in [4.69, 9.17) is 10.5 Å². The molecule has 1 aromatic rings. The Labute approximate surface area is 101 Å². The lowest BCUT2D eigenvalue weighted by Gasteiger charge is -2.17. The monoisotopic (exact) mass is 240 g/mol. The molecule has 0 aliphatic carbocycles. The van der Waals surface area contributed by atoms with E-state index in [2.05, 4.69) is 15.3 Å². The van der Waals surface area contributed by atoms with Crippen molar-refractivity contribution >= 4 is 5.82 Å². The Hall–Kier alpha value is -1.40. The third-order valence-electron chi connectivity index (χ3n) is 2.31. The highest BCUT2D eigenvalue weighted by molar-refractivity contribution is 5.34. The van der Waals surface area contributed by atoms with Crippen molar-refractivity contribution in [3.63, 3.8) is 0 Å². The zero-order valence-corrected chi connectivity index (χ0v) is 10.5. The SMILES string of the molecule is COCC(CN)Nc1cc(=O)[nH]c(C(C)C)n1. The molecule has 17 heavy (non-hydrogen) atoms. The van der Waals surface area contributed by atoms with Gasteiger partial charge in [-0.2, -0.15) is 0 Å². The second-order valence-corrected chi connectivity index (χ2v) is 4.20. The Morgan fingerprint density at radius 3 is 2.82 bits per heavy atom. The number of nitrogens with two attached hydrogens (primary N) is 1. The molecule has 1 unspecified atom stereocenters. The van der Waals surface area contributed by atoms with Crippen molar-refractivity contribution < 1.29 is 4.74 Å². The summed E-state index contributed by atoms with van der Waals surface area (Å²) in [4.78, 5) is 18.5. The molecule has 0 saturated heterocycles. The molecule has 96 valence electrons. The molecular formula is C11H20N4O2. The minimum Gasteiger partial charge on any atom is -0.383 e. The summed E-state index contributed by atoms with van der Waals surface area (Å²) in [6, 6.07) is 1.37. The van der Waals surface area contributed by atoms with Crippen LogP contribution in [-0.4, -0.2) is 36.3 Å². The highest BCUT2D eigenvalue weighted by Crippen LogP contribution is 2.09. The molecule has 1 heterocycles. The molecule has 0 radical (unpaired) electrons. The fourth-order valence-corrected chi connectivity index (χ4v) is 1.40. The quantitative estimate of drug-likeness (QED) is 0.664. The molecule has 6 nitrogen and oxygen atoms in total. The molecule has 0 spiro atoms. The first kappa shape index (κ1) is 13.7. The molecular weight excluding hydrogens is 220 g/mol. The maximum atomic E-state index is 11.4. The average molecular weight is 240 g/mol. The highest BCUT2D eigenvalue weighted by Gasteiger charge is 2.09. The van der Waals surface area contributed by atoms with Gasteiger partial charge in [0, 0.05) is 25.6 Å². The average Bonchev–Trinajstić information content (AvgIpc) is 2.27. The first-order chi connectivity index (χ1) is 8.06. The summed E-state index contributed by atoms with van der Waals surface area (Å²) < 4.78 is 5.02. The van der Waals surface area contributed by atoms with Gasteiger partial charge in [-0.15, -0.1) is 0 Å². The predicted octanol–water partition coefficient (Wildman–Crippen LogP) is 0.279. The number of aromatic amines is 1. The van der Waals surface area contributed by atoms with Gasteiger partial charge in [0.15, 0.2) is 0 Å². The van der Waals surface area contributed by atoms with Crippen LogP contribution in [0.3, 0.4) is 0 Å². The summed E-state index contributed by atoms with van der Waals surface area (Å²) >= 11 is 0. The molecule has 0 saturated carbocycles. The van der Waals surface area contributed by atoms with Crippen LogP contribution < -0.4 is 16.6 Å². The van der Waals surface area contributed by atoms with E-state index in [1.807, 2.05) is 13.8 Å². The third-order valence-corrected chi connectivity index (χ3v) is 2.31. The summed E-state index contributed by atoms with van der Waals surface area (Å²) in [5, 5.41) is 3.08. The molecule has 1 aromatic heterocycles. The standard InChI is InChI=1S/C11H20N4O2/c1-7(2)11-14-9(4-10(16)15-11)13-8(5-12)6-17-3/h4,7-8H,5-6,12H2,1-3H3,(H2,13,14,15,16). The van der Waals surface area contributed by atoms with E-state index in [1.54, 1.807) is 7.11 Å². The number of nitrogens with zero attached hydrogens (tertiary/aromatic N) is 1. The summed E-state index contributed by atoms with van der Waals surface area (Å²) in [5.41, 5.74) is 5.42. The summed E-state index contributed by atoms with van der Waals surface area (Å²) in [6.45, 7) is 4.83. The van der Waals surface area contributed by atoms with Crippen LogP contribution in [-0.2, 0) is 4.74 Å². The van der Waals surface area contributed by atoms with Crippen molar-refractivity contribution in [1.82, 2.24) is 9.97 Å². The second kappa shape index (κ2) is 6.36. The van der Waals surface area contributed by atoms with Crippen molar-refractivity contribution in [2.45, 2.75) is 25.8 Å². The number of hydrogen-bond donors (Lipinski definition) is 3. The van der Waals surface area contributed by atoms with Crippen LogP contribution in [0, 0.1) is 0 Å². The molecule has 0 fully saturated rings. The normalized spacial score (nSPS) is 12.8. The summed E-state index contributed by atoms with van der Waals surface area (Å²) in [7, 11) is 1.61. The Morgan fingerprint density at radius 1 is 1.59 bits per heavy atom. The first-order valence-electron chi connectivity index (χ1n) is 5.63. The topological polar surface area (TPSA) is 93.0 Å². The van der Waals surface area contributed by atoms with Crippen molar-refractivity contribution in [3.05, 3.63) is 22.2 Å². The number of H-pyrrole nitrogens is 1. The molecule has 0 amide bonds. The van der Waals surface area contributed by atoms with Crippen LogP contribution in [0.1, 0.15) is 25.6 Å². The van der Waals surface area contributed by atoms with Gasteiger partial charge in [0.25, 0.3) is 5.56 Å². The zero-order valence-electron chi connectivity index (χ0n) is 10.5. The molecule has 0 bridgehead atoms. The van der Waals surface area contributed by atoms with Gasteiger partial charge in [0.05, 0.1) is 12.6 Å². The lowest BCUT2D eigenvalue weighted by Crippen LogP contribution is -2.34. The van der Waals surface area contributed by atoms with Gasteiger partial charge >= 0.3 is 0 Å². The molecule has 4 N–H and O–H groups in total. The van der Waals surface area contributed by atoms with Crippen molar-refractivity contribution in [2.24, 2.45) is 5.73 Å². The van der Waals surface area contributed by atoms with Gasteiger partial charge in [-0.3, -0.25) is 4.79 Å². The Kier molecular flexibility index (Phi) is 5.11. The van der Waals surface area contributed by atoms with Gasteiger partial charge in [-0.05, 0) is 0 Å². The minimum atomic E-state index is -0.167. The highest BCUT2D eigenvalue weighted by atomic mass is 16.5. The second-order valence-electron chi connectivity index (χ2n) is 4.20. The number of hydrogen-bond acceptors (Lipinski definition) is 5. The van der Waals surface area contributed by atoms with Gasteiger partial charge in [-0.1, -0.05) is 13.8 Å². The van der Waals surface area contributed by atoms with E-state index in [0.717, 1.165) is 0 Å². The molecule has 1 atom stereocenters. The Balaban J connectivity index is 2.86. The third kappa shape index (κ3) is 4.16. The first-order valence-corrected chi connectivity index (χ1v) is 5.63. The van der Waals surface area contributed by atoms with Crippen LogP contribution in [0.5, 0.6) is 0 Å². The summed E-state index contributed by atoms with van der Waals surface area (Å²) in [5.74, 6) is 1.36. The van der Waals surface area contributed by atoms with Crippen molar-refractivity contribution in [3.8, 4) is 0 Å². The number of methoxy groups -OCH3 is 1. The van der Waals surface area contributed by atoms with Crippen molar-refractivity contribution in [2.75, 3.05) is 25.6 Å². The largest absolute Gasteiger partial charge is 0.383 e. The minimum absolute atomic E-state index is 0.0469. The predicted molar refractivity (Wildman–Crippen MR) is 67.3 cm³/mol. The number of anilines is 1. The van der Waals surface area contributed by atoms with Crippen LogP contribution in [0.4, 0.5) is 5.82 Å². The van der Waals surface area contributed by atoms with Gasteiger partial charge in [-0.25, -0.2) is 4.98 Å². The number of aromatic nitrogens is 2. The molecule has 0 aliphatic heterocycles. The number of rotatable bonds is 6. The molecule has 6 heteroatoms. The Bertz CT molecular complexity index is 403. The fourth-order valence-electron chi connectivity index (χ4n) is 1.40. The van der Waals surface area contributed by atoms with Gasteiger partial charge in [0.1, 0.15) is 11.6 Å². The lowest BCUT2D eigenvalue weighted by molar-refractivity contribution is 0.187. The van der Waals surface area contributed by atoms with Crippen LogP contribution in [0.2, 0.25) is 0 Å². The van der Waals surface area contributed by atoms with Gasteiger partial charge < -0.3 is 20.8 Å².